The maximum atomic E-state index is 12.4. The molecule has 1 amide bonds. The minimum atomic E-state index is -0.250. The molecule has 1 aromatic heterocycles. The molecule has 2 unspecified atom stereocenters. The minimum Gasteiger partial charge on any atom is -0.483 e. The van der Waals surface area contributed by atoms with Crippen LogP contribution in [0, 0.1) is 18.3 Å². The summed E-state index contributed by atoms with van der Waals surface area (Å²) in [6.45, 7) is 8.91. The van der Waals surface area contributed by atoms with Gasteiger partial charge >= 0.3 is 0 Å². The van der Waals surface area contributed by atoms with E-state index in [4.69, 9.17) is 9.90 Å². The van der Waals surface area contributed by atoms with Crippen LogP contribution in [0.3, 0.4) is 0 Å². The molecule has 1 aromatic carbocycles. The normalized spacial score (nSPS) is 22.2. The number of aryl methyl sites for hydroxylation is 2. The van der Waals surface area contributed by atoms with Gasteiger partial charge in [0.1, 0.15) is 0 Å². The molecule has 3 heterocycles. The lowest BCUT2D eigenvalue weighted by molar-refractivity contribution is -0.130. The van der Waals surface area contributed by atoms with E-state index < -0.39 is 0 Å². The summed E-state index contributed by atoms with van der Waals surface area (Å²) in [5.74, 6) is 0.904. The van der Waals surface area contributed by atoms with Crippen LogP contribution >= 0.6 is 0 Å². The van der Waals surface area contributed by atoms with Crippen molar-refractivity contribution in [1.82, 2.24) is 14.8 Å². The molecule has 2 fully saturated rings. The van der Waals surface area contributed by atoms with Crippen LogP contribution in [0.5, 0.6) is 0 Å². The third kappa shape index (κ3) is 5.94. The Kier molecular flexibility index (Phi) is 8.39. The Balaban J connectivity index is 0.000000913. The summed E-state index contributed by atoms with van der Waals surface area (Å²) in [4.78, 5) is 30.2. The van der Waals surface area contributed by atoms with E-state index in [1.54, 1.807) is 0 Å². The lowest BCUT2D eigenvalue weighted by Gasteiger charge is -2.29. The predicted octanol–water partition coefficient (Wildman–Crippen LogP) is 3.44. The fourth-order valence-corrected chi connectivity index (χ4v) is 5.28. The van der Waals surface area contributed by atoms with E-state index in [0.717, 1.165) is 57.7 Å². The molecule has 2 aliphatic heterocycles. The van der Waals surface area contributed by atoms with E-state index in [1.807, 2.05) is 6.92 Å². The number of benzene rings is 1. The highest BCUT2D eigenvalue weighted by Gasteiger charge is 2.52. The van der Waals surface area contributed by atoms with Crippen LogP contribution in [0.2, 0.25) is 0 Å². The standard InChI is InChI=1S/C25H33N3O.CH2O2/c1-3-24(29)28-17-22-16-27(15-13-23-11-7-8-20(2)26-23)18-25(22,19-28)14-12-21-9-5-4-6-10-21;2-1-3/h4-11,22H,3,12-19H2,1-2H3;1H,(H,2,3). The molecule has 172 valence electrons. The first kappa shape index (κ1) is 23.9. The Bertz CT molecular complexity index is 889. The SMILES string of the molecule is CCC(=O)N1CC2CN(CCc3cccc(C)n3)CC2(CCc2ccccc2)C1.O=CO. The summed E-state index contributed by atoms with van der Waals surface area (Å²) in [5.41, 5.74) is 3.92. The Morgan fingerprint density at radius 3 is 2.56 bits per heavy atom. The molecular weight excluding hydrogens is 402 g/mol. The zero-order chi connectivity index (χ0) is 23.0. The van der Waals surface area contributed by atoms with Crippen LogP contribution in [0.4, 0.5) is 0 Å². The zero-order valence-electron chi connectivity index (χ0n) is 19.2. The Labute approximate surface area is 191 Å². The lowest BCUT2D eigenvalue weighted by atomic mass is 9.76. The van der Waals surface area contributed by atoms with Gasteiger partial charge in [-0.1, -0.05) is 43.3 Å². The Hall–Kier alpha value is -2.73. The molecule has 0 aliphatic carbocycles. The van der Waals surface area contributed by atoms with Gasteiger partial charge in [-0.25, -0.2) is 0 Å². The average Bonchev–Trinajstić information content (AvgIpc) is 3.31. The van der Waals surface area contributed by atoms with Crippen molar-refractivity contribution in [3.8, 4) is 0 Å². The van der Waals surface area contributed by atoms with Gasteiger partial charge in [0.05, 0.1) is 0 Å². The van der Waals surface area contributed by atoms with Gasteiger partial charge in [0.2, 0.25) is 5.91 Å². The fourth-order valence-electron chi connectivity index (χ4n) is 5.28. The molecule has 6 nitrogen and oxygen atoms in total. The smallest absolute Gasteiger partial charge is 0.290 e. The first-order valence-corrected chi connectivity index (χ1v) is 11.5. The van der Waals surface area contributed by atoms with Crippen molar-refractivity contribution in [2.45, 2.75) is 39.5 Å². The van der Waals surface area contributed by atoms with Crippen LogP contribution in [-0.4, -0.2) is 65.0 Å². The number of likely N-dealkylation sites (tertiary alicyclic amines) is 2. The second-order valence-corrected chi connectivity index (χ2v) is 9.03. The number of carboxylic acid groups (broad SMARTS) is 1. The molecule has 0 saturated carbocycles. The van der Waals surface area contributed by atoms with Crippen molar-refractivity contribution in [1.29, 1.82) is 0 Å². The largest absolute Gasteiger partial charge is 0.483 e. The number of hydrogen-bond donors (Lipinski definition) is 1. The highest BCUT2D eigenvalue weighted by atomic mass is 16.3. The second kappa shape index (κ2) is 11.2. The lowest BCUT2D eigenvalue weighted by Crippen LogP contribution is -2.37. The van der Waals surface area contributed by atoms with Gasteiger partial charge in [0.25, 0.3) is 6.47 Å². The van der Waals surface area contributed by atoms with Gasteiger partial charge < -0.3 is 14.9 Å². The van der Waals surface area contributed by atoms with E-state index in [2.05, 4.69) is 70.2 Å². The quantitative estimate of drug-likeness (QED) is 0.672. The van der Waals surface area contributed by atoms with Gasteiger partial charge in [-0.15, -0.1) is 0 Å². The number of carbonyl (C=O) groups excluding carboxylic acids is 1. The third-order valence-corrected chi connectivity index (χ3v) is 6.87. The van der Waals surface area contributed by atoms with Crippen LogP contribution in [0.1, 0.15) is 36.7 Å². The van der Waals surface area contributed by atoms with Gasteiger partial charge in [-0.2, -0.15) is 0 Å². The summed E-state index contributed by atoms with van der Waals surface area (Å²) in [6.07, 6.45) is 3.87. The molecule has 6 heteroatoms. The summed E-state index contributed by atoms with van der Waals surface area (Å²) in [7, 11) is 0. The van der Waals surface area contributed by atoms with E-state index in [9.17, 15) is 4.79 Å². The zero-order valence-corrected chi connectivity index (χ0v) is 19.2. The molecule has 2 aromatic rings. The monoisotopic (exact) mass is 437 g/mol. The van der Waals surface area contributed by atoms with Crippen molar-refractivity contribution >= 4 is 12.4 Å². The van der Waals surface area contributed by atoms with Crippen molar-refractivity contribution in [3.05, 3.63) is 65.5 Å². The van der Waals surface area contributed by atoms with Gasteiger partial charge in [0, 0.05) is 62.4 Å². The molecule has 2 atom stereocenters. The van der Waals surface area contributed by atoms with Gasteiger partial charge in [-0.05, 0) is 43.4 Å². The first-order valence-electron chi connectivity index (χ1n) is 11.5. The van der Waals surface area contributed by atoms with Crippen molar-refractivity contribution in [2.24, 2.45) is 11.3 Å². The Morgan fingerprint density at radius 2 is 1.88 bits per heavy atom. The molecule has 1 N–H and O–H groups in total. The van der Waals surface area contributed by atoms with Crippen molar-refractivity contribution < 1.29 is 14.7 Å². The number of fused-ring (bicyclic) bond motifs is 1. The van der Waals surface area contributed by atoms with Crippen LogP contribution in [0.15, 0.2) is 48.5 Å². The van der Waals surface area contributed by atoms with Gasteiger partial charge in [-0.3, -0.25) is 14.6 Å². The maximum Gasteiger partial charge on any atom is 0.290 e. The van der Waals surface area contributed by atoms with Crippen LogP contribution < -0.4 is 0 Å². The number of rotatable bonds is 7. The summed E-state index contributed by atoms with van der Waals surface area (Å²) in [6, 6.07) is 17.1. The molecule has 2 aliphatic rings. The molecule has 0 bridgehead atoms. The molecular formula is C26H35N3O3. The van der Waals surface area contributed by atoms with Crippen LogP contribution in [0.25, 0.3) is 0 Å². The van der Waals surface area contributed by atoms with E-state index in [0.29, 0.717) is 18.2 Å². The number of carbonyl (C=O) groups is 2. The molecule has 2 saturated heterocycles. The summed E-state index contributed by atoms with van der Waals surface area (Å²) in [5, 5.41) is 6.89. The number of nitrogens with zero attached hydrogens (tertiary/aromatic N) is 3. The van der Waals surface area contributed by atoms with E-state index in [-0.39, 0.29) is 11.9 Å². The number of pyridine rings is 1. The number of amides is 1. The van der Waals surface area contributed by atoms with Crippen LogP contribution in [-0.2, 0) is 22.4 Å². The Morgan fingerprint density at radius 1 is 1.12 bits per heavy atom. The molecule has 4 rings (SSSR count). The second-order valence-electron chi connectivity index (χ2n) is 9.03. The molecule has 0 radical (unpaired) electrons. The molecule has 32 heavy (non-hydrogen) atoms. The minimum absolute atomic E-state index is 0.237. The predicted molar refractivity (Wildman–Crippen MR) is 125 cm³/mol. The van der Waals surface area contributed by atoms with Gasteiger partial charge in [0.15, 0.2) is 0 Å². The topological polar surface area (TPSA) is 73.7 Å². The summed E-state index contributed by atoms with van der Waals surface area (Å²) >= 11 is 0. The van der Waals surface area contributed by atoms with E-state index >= 15 is 0 Å². The molecule has 0 spiro atoms. The first-order chi connectivity index (χ1) is 15.5. The van der Waals surface area contributed by atoms with E-state index in [1.165, 1.54) is 11.3 Å². The fraction of sp³-hybridized carbons (Fsp3) is 0.500. The summed E-state index contributed by atoms with van der Waals surface area (Å²) < 4.78 is 0. The average molecular weight is 438 g/mol. The van der Waals surface area contributed by atoms with Crippen molar-refractivity contribution in [3.63, 3.8) is 0 Å². The maximum absolute atomic E-state index is 12.4. The number of aromatic nitrogens is 1. The number of hydrogen-bond acceptors (Lipinski definition) is 4. The third-order valence-electron chi connectivity index (χ3n) is 6.87. The highest BCUT2D eigenvalue weighted by molar-refractivity contribution is 5.76. The highest BCUT2D eigenvalue weighted by Crippen LogP contribution is 2.46. The van der Waals surface area contributed by atoms with Crippen molar-refractivity contribution in [2.75, 3.05) is 32.7 Å².